The average Bonchev–Trinajstić information content (AvgIpc) is 2.78. The molecule has 0 atom stereocenters. The highest BCUT2D eigenvalue weighted by Gasteiger charge is 2.34. The van der Waals surface area contributed by atoms with Crippen LogP contribution in [0, 0.1) is 0 Å². The molecule has 0 aliphatic carbocycles. The third-order valence-electron chi connectivity index (χ3n) is 2.78. The maximum atomic E-state index is 12.4. The Morgan fingerprint density at radius 2 is 2.05 bits per heavy atom. The fraction of sp³-hybridized carbons (Fsp3) is 0.308. The molecule has 0 bridgehead atoms. The number of alkyl halides is 3. The van der Waals surface area contributed by atoms with Crippen LogP contribution >= 0.6 is 0 Å². The van der Waals surface area contributed by atoms with Gasteiger partial charge in [0.1, 0.15) is 12.1 Å². The Morgan fingerprint density at radius 1 is 1.33 bits per heavy atom. The van der Waals surface area contributed by atoms with E-state index in [4.69, 9.17) is 15.3 Å². The number of hydrogen-bond donors (Lipinski definition) is 2. The summed E-state index contributed by atoms with van der Waals surface area (Å²) >= 11 is 0. The van der Waals surface area contributed by atoms with Crippen molar-refractivity contribution in [3.05, 3.63) is 30.0 Å². The Balaban J connectivity index is 2.29. The Bertz CT molecular complexity index is 652. The van der Waals surface area contributed by atoms with Gasteiger partial charge < -0.3 is 20.2 Å². The Morgan fingerprint density at radius 3 is 2.67 bits per heavy atom. The predicted molar refractivity (Wildman–Crippen MR) is 69.7 cm³/mol. The van der Waals surface area contributed by atoms with Gasteiger partial charge in [0, 0.05) is 17.6 Å². The topological polar surface area (TPSA) is 79.7 Å². The molecule has 0 saturated carbocycles. The van der Waals surface area contributed by atoms with E-state index in [1.165, 1.54) is 12.1 Å². The number of aliphatic hydroxyl groups excluding tert-OH is 1. The fourth-order valence-electron chi connectivity index (χ4n) is 1.91. The van der Waals surface area contributed by atoms with E-state index in [2.05, 4.69) is 0 Å². The van der Waals surface area contributed by atoms with Crippen molar-refractivity contribution in [2.24, 2.45) is 0 Å². The second kappa shape index (κ2) is 5.65. The molecular formula is C13H13F3N2O3. The molecule has 0 saturated heterocycles. The Hall–Kier alpha value is -2.22. The van der Waals surface area contributed by atoms with Crippen LogP contribution in [-0.2, 0) is 0 Å². The van der Waals surface area contributed by atoms with E-state index in [-0.39, 0.29) is 5.76 Å². The summed E-state index contributed by atoms with van der Waals surface area (Å²) in [6.45, 7) is -2.46. The number of rotatable bonds is 4. The highest BCUT2D eigenvalue weighted by atomic mass is 19.4. The number of nitrogen functional groups attached to an aromatic ring is 1. The number of amides is 1. The maximum Gasteiger partial charge on any atom is 0.406 e. The number of carbonyl (C=O) groups is 1. The molecule has 0 unspecified atom stereocenters. The van der Waals surface area contributed by atoms with Crippen LogP contribution in [-0.4, -0.2) is 41.8 Å². The molecule has 2 rings (SSSR count). The SMILES string of the molecule is Nc1ccc2oc(C(=O)N(CCO)CC(F)(F)F)cc2c1. The van der Waals surface area contributed by atoms with Gasteiger partial charge in [-0.1, -0.05) is 0 Å². The van der Waals surface area contributed by atoms with Crippen LogP contribution < -0.4 is 5.73 Å². The van der Waals surface area contributed by atoms with E-state index in [0.717, 1.165) is 0 Å². The van der Waals surface area contributed by atoms with E-state index >= 15 is 0 Å². The molecule has 2 aromatic rings. The van der Waals surface area contributed by atoms with Crippen molar-refractivity contribution in [2.75, 3.05) is 25.4 Å². The second-order valence-corrected chi connectivity index (χ2v) is 4.47. The maximum absolute atomic E-state index is 12.4. The molecular weight excluding hydrogens is 289 g/mol. The highest BCUT2D eigenvalue weighted by molar-refractivity contribution is 5.96. The number of nitrogens with two attached hydrogens (primary N) is 1. The first kappa shape index (κ1) is 15.2. The molecule has 1 aromatic heterocycles. The van der Waals surface area contributed by atoms with Gasteiger partial charge in [0.2, 0.25) is 0 Å². The van der Waals surface area contributed by atoms with Crippen molar-refractivity contribution in [2.45, 2.75) is 6.18 Å². The van der Waals surface area contributed by atoms with Crippen molar-refractivity contribution >= 4 is 22.6 Å². The number of furan rings is 1. The van der Waals surface area contributed by atoms with Crippen molar-refractivity contribution in [3.8, 4) is 0 Å². The lowest BCUT2D eigenvalue weighted by Crippen LogP contribution is -2.40. The summed E-state index contributed by atoms with van der Waals surface area (Å²) in [5, 5.41) is 9.32. The van der Waals surface area contributed by atoms with Gasteiger partial charge in [-0.3, -0.25) is 4.79 Å². The van der Waals surface area contributed by atoms with E-state index in [9.17, 15) is 18.0 Å². The molecule has 21 heavy (non-hydrogen) atoms. The predicted octanol–water partition coefficient (Wildman–Crippen LogP) is 2.01. The smallest absolute Gasteiger partial charge is 0.406 e. The minimum atomic E-state index is -4.55. The summed E-state index contributed by atoms with van der Waals surface area (Å²) in [5.74, 6) is -1.16. The monoisotopic (exact) mass is 302 g/mol. The largest absolute Gasteiger partial charge is 0.451 e. The molecule has 0 aliphatic heterocycles. The lowest BCUT2D eigenvalue weighted by Gasteiger charge is -2.21. The summed E-state index contributed by atoms with van der Waals surface area (Å²) in [6, 6.07) is 5.97. The molecule has 1 amide bonds. The van der Waals surface area contributed by atoms with Gasteiger partial charge in [-0.25, -0.2) is 0 Å². The summed E-state index contributed by atoms with van der Waals surface area (Å²) < 4.78 is 42.6. The number of halogens is 3. The summed E-state index contributed by atoms with van der Waals surface area (Å²) in [4.78, 5) is 12.5. The van der Waals surface area contributed by atoms with Crippen LogP contribution in [0.15, 0.2) is 28.7 Å². The van der Waals surface area contributed by atoms with Crippen LogP contribution in [0.25, 0.3) is 11.0 Å². The van der Waals surface area contributed by atoms with Crippen LogP contribution in [0.4, 0.5) is 18.9 Å². The molecule has 0 fully saturated rings. The number of fused-ring (bicyclic) bond motifs is 1. The van der Waals surface area contributed by atoms with E-state index in [0.29, 0.717) is 21.6 Å². The van der Waals surface area contributed by atoms with E-state index < -0.39 is 31.8 Å². The van der Waals surface area contributed by atoms with Gasteiger partial charge in [0.15, 0.2) is 5.76 Å². The molecule has 114 valence electrons. The second-order valence-electron chi connectivity index (χ2n) is 4.47. The summed E-state index contributed by atoms with van der Waals surface area (Å²) in [6.07, 6.45) is -4.55. The average molecular weight is 302 g/mol. The van der Waals surface area contributed by atoms with Gasteiger partial charge in [-0.05, 0) is 24.3 Å². The number of benzene rings is 1. The van der Waals surface area contributed by atoms with Gasteiger partial charge in [-0.15, -0.1) is 0 Å². The van der Waals surface area contributed by atoms with Gasteiger partial charge >= 0.3 is 6.18 Å². The Kier molecular flexibility index (Phi) is 4.08. The highest BCUT2D eigenvalue weighted by Crippen LogP contribution is 2.24. The quantitative estimate of drug-likeness (QED) is 0.847. The van der Waals surface area contributed by atoms with Gasteiger partial charge in [0.25, 0.3) is 5.91 Å². The zero-order valence-electron chi connectivity index (χ0n) is 10.9. The first-order valence-electron chi connectivity index (χ1n) is 6.06. The third-order valence-corrected chi connectivity index (χ3v) is 2.78. The van der Waals surface area contributed by atoms with Crippen molar-refractivity contribution in [3.63, 3.8) is 0 Å². The zero-order valence-corrected chi connectivity index (χ0v) is 10.9. The normalized spacial score (nSPS) is 11.8. The van der Waals surface area contributed by atoms with Gasteiger partial charge in [0.05, 0.1) is 6.61 Å². The molecule has 1 heterocycles. The lowest BCUT2D eigenvalue weighted by atomic mass is 10.2. The van der Waals surface area contributed by atoms with Crippen molar-refractivity contribution < 1.29 is 27.5 Å². The van der Waals surface area contributed by atoms with Crippen LogP contribution in [0.2, 0.25) is 0 Å². The van der Waals surface area contributed by atoms with Crippen LogP contribution in [0.5, 0.6) is 0 Å². The lowest BCUT2D eigenvalue weighted by molar-refractivity contribution is -0.141. The summed E-state index contributed by atoms with van der Waals surface area (Å²) in [7, 11) is 0. The van der Waals surface area contributed by atoms with E-state index in [1.54, 1.807) is 12.1 Å². The van der Waals surface area contributed by atoms with Gasteiger partial charge in [-0.2, -0.15) is 13.2 Å². The zero-order chi connectivity index (χ0) is 15.6. The number of anilines is 1. The van der Waals surface area contributed by atoms with Crippen molar-refractivity contribution in [1.29, 1.82) is 0 Å². The fourth-order valence-corrected chi connectivity index (χ4v) is 1.91. The molecule has 0 radical (unpaired) electrons. The van der Waals surface area contributed by atoms with Crippen LogP contribution in [0.1, 0.15) is 10.6 Å². The molecule has 0 aliphatic rings. The van der Waals surface area contributed by atoms with Crippen LogP contribution in [0.3, 0.4) is 0 Å². The molecule has 5 nitrogen and oxygen atoms in total. The minimum Gasteiger partial charge on any atom is -0.451 e. The molecule has 0 spiro atoms. The molecule has 8 heteroatoms. The minimum absolute atomic E-state index is 0.228. The molecule has 1 aromatic carbocycles. The first-order chi connectivity index (χ1) is 9.80. The Labute approximate surface area is 117 Å². The van der Waals surface area contributed by atoms with E-state index in [1.807, 2.05) is 0 Å². The number of hydrogen-bond acceptors (Lipinski definition) is 4. The third kappa shape index (κ3) is 3.66. The standard InChI is InChI=1S/C13H13F3N2O3/c14-13(15,16)7-18(3-4-19)12(20)11-6-8-5-9(17)1-2-10(8)21-11/h1-2,5-6,19H,3-4,7,17H2. The summed E-state index contributed by atoms with van der Waals surface area (Å²) in [5.41, 5.74) is 6.38. The number of nitrogens with zero attached hydrogens (tertiary/aromatic N) is 1. The number of carbonyl (C=O) groups excluding carboxylic acids is 1. The first-order valence-corrected chi connectivity index (χ1v) is 6.06. The number of aliphatic hydroxyl groups is 1. The molecule has 3 N–H and O–H groups in total. The van der Waals surface area contributed by atoms with Crippen molar-refractivity contribution in [1.82, 2.24) is 4.90 Å².